The van der Waals surface area contributed by atoms with Crippen molar-refractivity contribution in [3.8, 4) is 28.6 Å². The normalized spacial score (nSPS) is 12.8. The van der Waals surface area contributed by atoms with E-state index in [-0.39, 0.29) is 0 Å². The largest absolute Gasteiger partial charge is 0.463 e. The van der Waals surface area contributed by atoms with Crippen molar-refractivity contribution < 1.29 is 4.42 Å². The van der Waals surface area contributed by atoms with E-state index in [0.29, 0.717) is 6.54 Å². The van der Waals surface area contributed by atoms with Crippen LogP contribution in [0, 0.1) is 11.5 Å². The minimum Gasteiger partial charge on any atom is -0.463 e. The molecule has 1 aromatic carbocycles. The second kappa shape index (κ2) is 7.53. The molecule has 0 spiro atoms. The number of imidazole rings is 1. The van der Waals surface area contributed by atoms with Crippen LogP contribution in [0.5, 0.6) is 0 Å². The molecule has 4 aromatic rings. The molecule has 0 aliphatic carbocycles. The highest BCUT2D eigenvalue weighted by Crippen LogP contribution is 2.31. The summed E-state index contributed by atoms with van der Waals surface area (Å²) in [7, 11) is -1.48. The van der Waals surface area contributed by atoms with E-state index in [1.54, 1.807) is 12.5 Å². The third-order valence-electron chi connectivity index (χ3n) is 5.01. The van der Waals surface area contributed by atoms with Crippen LogP contribution in [-0.2, 0) is 6.54 Å². The van der Waals surface area contributed by atoms with Gasteiger partial charge < -0.3 is 4.42 Å². The van der Waals surface area contributed by atoms with Crippen LogP contribution < -0.4 is 0 Å². The zero-order valence-corrected chi connectivity index (χ0v) is 18.8. The number of furan rings is 1. The first-order valence-corrected chi connectivity index (χ1v) is 13.7. The van der Waals surface area contributed by atoms with Crippen LogP contribution in [0.1, 0.15) is 22.5 Å². The van der Waals surface area contributed by atoms with E-state index >= 15 is 0 Å². The molecule has 6 heteroatoms. The molecular weight excluding hydrogens is 400 g/mol. The number of rotatable bonds is 2. The molecule has 4 heterocycles. The smallest absolute Gasteiger partial charge is 0.154 e. The minimum atomic E-state index is -1.48. The fraction of sp³-hybridized carbons (Fsp3) is 0.160. The molecule has 0 fully saturated rings. The van der Waals surface area contributed by atoms with E-state index < -0.39 is 8.07 Å². The molecule has 0 amide bonds. The Labute approximate surface area is 182 Å². The molecule has 5 rings (SSSR count). The summed E-state index contributed by atoms with van der Waals surface area (Å²) in [6.07, 6.45) is 5.31. The van der Waals surface area contributed by atoms with Gasteiger partial charge in [0.15, 0.2) is 5.76 Å². The summed E-state index contributed by atoms with van der Waals surface area (Å²) in [5.41, 5.74) is 9.97. The topological polar surface area (TPSA) is 56.2 Å². The average Bonchev–Trinajstić information content (AvgIpc) is 3.40. The number of hydrogen-bond donors (Lipinski definition) is 0. The van der Waals surface area contributed by atoms with Gasteiger partial charge in [0.2, 0.25) is 0 Å². The predicted molar refractivity (Wildman–Crippen MR) is 125 cm³/mol. The van der Waals surface area contributed by atoms with Crippen LogP contribution in [0.3, 0.4) is 0 Å². The monoisotopic (exact) mass is 422 g/mol. The summed E-state index contributed by atoms with van der Waals surface area (Å²) in [5, 5.41) is 0. The van der Waals surface area contributed by atoms with Gasteiger partial charge >= 0.3 is 0 Å². The zero-order valence-electron chi connectivity index (χ0n) is 17.8. The molecule has 1 aliphatic heterocycles. The SMILES string of the molecule is C[Si](C)(C)C#Cc1ccc2c(c1)C(c1ccccn1)=NCc1c(-c3ccco3)ncn1-2. The molecule has 152 valence electrons. The van der Waals surface area contributed by atoms with E-state index in [2.05, 4.69) is 63.8 Å². The zero-order chi connectivity index (χ0) is 21.4. The third kappa shape index (κ3) is 3.76. The summed E-state index contributed by atoms with van der Waals surface area (Å²) in [4.78, 5) is 14.2. The lowest BCUT2D eigenvalue weighted by atomic mass is 10.0. The molecule has 31 heavy (non-hydrogen) atoms. The van der Waals surface area contributed by atoms with Gasteiger partial charge in [0.25, 0.3) is 0 Å². The molecule has 0 N–H and O–H groups in total. The third-order valence-corrected chi connectivity index (χ3v) is 5.88. The van der Waals surface area contributed by atoms with Crippen LogP contribution in [0.15, 0.2) is 76.7 Å². The Morgan fingerprint density at radius 2 is 1.94 bits per heavy atom. The number of fused-ring (bicyclic) bond motifs is 3. The van der Waals surface area contributed by atoms with Gasteiger partial charge in [-0.2, -0.15) is 0 Å². The summed E-state index contributed by atoms with van der Waals surface area (Å²) >= 11 is 0. The van der Waals surface area contributed by atoms with Gasteiger partial charge in [-0.15, -0.1) is 5.54 Å². The number of nitrogens with zero attached hydrogens (tertiary/aromatic N) is 4. The van der Waals surface area contributed by atoms with E-state index in [4.69, 9.17) is 9.41 Å². The molecule has 0 bridgehead atoms. The summed E-state index contributed by atoms with van der Waals surface area (Å²) in [6, 6.07) is 16.0. The number of pyridine rings is 1. The number of aromatic nitrogens is 3. The van der Waals surface area contributed by atoms with E-state index in [1.165, 1.54) is 0 Å². The van der Waals surface area contributed by atoms with Crippen LogP contribution in [0.25, 0.3) is 17.1 Å². The first-order chi connectivity index (χ1) is 15.0. The Bertz CT molecular complexity index is 1330. The Morgan fingerprint density at radius 3 is 2.68 bits per heavy atom. The van der Waals surface area contributed by atoms with Gasteiger partial charge in [-0.05, 0) is 42.5 Å². The van der Waals surface area contributed by atoms with Crippen molar-refractivity contribution in [1.82, 2.24) is 14.5 Å². The molecule has 0 atom stereocenters. The van der Waals surface area contributed by atoms with Gasteiger partial charge in [0, 0.05) is 17.3 Å². The standard InChI is InChI=1S/C25H22N4OSi/c1-31(2,3)14-11-18-9-10-21-19(15-18)24(20-7-4-5-12-26-20)27-16-22-25(28-17-29(21)22)23-8-6-13-30-23/h4-10,12-13,15,17H,16H2,1-3H3. The quantitative estimate of drug-likeness (QED) is 0.333. The highest BCUT2D eigenvalue weighted by molar-refractivity contribution is 6.83. The van der Waals surface area contributed by atoms with Crippen molar-refractivity contribution in [1.29, 1.82) is 0 Å². The Hall–Kier alpha value is -3.69. The van der Waals surface area contributed by atoms with Crippen molar-refractivity contribution >= 4 is 13.8 Å². The second-order valence-corrected chi connectivity index (χ2v) is 13.2. The molecular formula is C25H22N4OSi. The molecule has 1 aliphatic rings. The lowest BCUT2D eigenvalue weighted by molar-refractivity contribution is 0.579. The number of aliphatic imine (C=N–C) groups is 1. The lowest BCUT2D eigenvalue weighted by Crippen LogP contribution is -2.16. The first-order valence-electron chi connectivity index (χ1n) is 10.2. The van der Waals surface area contributed by atoms with Gasteiger partial charge in [-0.3, -0.25) is 14.5 Å². The minimum absolute atomic E-state index is 0.479. The summed E-state index contributed by atoms with van der Waals surface area (Å²) in [5.74, 6) is 4.12. The van der Waals surface area contributed by atoms with Crippen molar-refractivity contribution in [2.75, 3.05) is 0 Å². The number of benzene rings is 1. The summed E-state index contributed by atoms with van der Waals surface area (Å²) < 4.78 is 7.72. The fourth-order valence-electron chi connectivity index (χ4n) is 3.59. The van der Waals surface area contributed by atoms with E-state index in [0.717, 1.165) is 45.4 Å². The predicted octanol–water partition coefficient (Wildman–Crippen LogP) is 5.11. The summed E-state index contributed by atoms with van der Waals surface area (Å²) in [6.45, 7) is 7.22. The Balaban J connectivity index is 1.71. The van der Waals surface area contributed by atoms with Crippen LogP contribution in [0.4, 0.5) is 0 Å². The van der Waals surface area contributed by atoms with Gasteiger partial charge in [0.1, 0.15) is 20.1 Å². The lowest BCUT2D eigenvalue weighted by Gasteiger charge is -2.12. The second-order valence-electron chi connectivity index (χ2n) is 8.50. The first kappa shape index (κ1) is 19.3. The highest BCUT2D eigenvalue weighted by Gasteiger charge is 2.24. The fourth-order valence-corrected chi connectivity index (χ4v) is 4.11. The van der Waals surface area contributed by atoms with Crippen molar-refractivity contribution in [2.45, 2.75) is 26.2 Å². The number of hydrogen-bond acceptors (Lipinski definition) is 4. The van der Waals surface area contributed by atoms with E-state index in [9.17, 15) is 0 Å². The molecule has 3 aromatic heterocycles. The molecule has 5 nitrogen and oxygen atoms in total. The van der Waals surface area contributed by atoms with Crippen molar-refractivity contribution in [3.63, 3.8) is 0 Å². The van der Waals surface area contributed by atoms with Gasteiger partial charge in [0.05, 0.1) is 35.6 Å². The van der Waals surface area contributed by atoms with Crippen molar-refractivity contribution in [2.24, 2.45) is 4.99 Å². The molecule has 0 radical (unpaired) electrons. The average molecular weight is 423 g/mol. The van der Waals surface area contributed by atoms with Crippen LogP contribution >= 0.6 is 0 Å². The highest BCUT2D eigenvalue weighted by atomic mass is 28.3. The van der Waals surface area contributed by atoms with Crippen LogP contribution in [-0.4, -0.2) is 28.3 Å². The Morgan fingerprint density at radius 1 is 1.03 bits per heavy atom. The van der Waals surface area contributed by atoms with Crippen molar-refractivity contribution in [3.05, 3.63) is 89.8 Å². The van der Waals surface area contributed by atoms with Crippen LogP contribution in [0.2, 0.25) is 19.6 Å². The maximum absolute atomic E-state index is 5.62. The maximum atomic E-state index is 5.62. The molecule has 0 saturated heterocycles. The molecule has 0 unspecified atom stereocenters. The van der Waals surface area contributed by atoms with Gasteiger partial charge in [-0.25, -0.2) is 4.98 Å². The molecule has 0 saturated carbocycles. The Kier molecular flexibility index (Phi) is 4.68. The van der Waals surface area contributed by atoms with E-state index in [1.807, 2.05) is 36.7 Å². The van der Waals surface area contributed by atoms with Gasteiger partial charge in [-0.1, -0.05) is 31.6 Å². The maximum Gasteiger partial charge on any atom is 0.154 e.